The number of urea groups is 1. The summed E-state index contributed by atoms with van der Waals surface area (Å²) in [4.78, 5) is 24.0. The number of hydrogen-bond donors (Lipinski definition) is 3. The van der Waals surface area contributed by atoms with Crippen molar-refractivity contribution in [2.75, 3.05) is 19.0 Å². The molecule has 9 nitrogen and oxygen atoms in total. The Balaban J connectivity index is 1.89. The number of hydrogen-bond acceptors (Lipinski definition) is 5. The Morgan fingerprint density at radius 1 is 1.27 bits per heavy atom. The van der Waals surface area contributed by atoms with Crippen molar-refractivity contribution in [2.24, 2.45) is 0 Å². The van der Waals surface area contributed by atoms with Gasteiger partial charge in [-0.3, -0.25) is 10.3 Å². The van der Waals surface area contributed by atoms with Gasteiger partial charge in [0.2, 0.25) is 5.95 Å². The molecule has 0 aliphatic heterocycles. The number of pyridine rings is 2. The summed E-state index contributed by atoms with van der Waals surface area (Å²) in [5, 5.41) is 17.1. The monoisotopic (exact) mass is 404 g/mol. The van der Waals surface area contributed by atoms with Crippen LogP contribution in [0.1, 0.15) is 6.92 Å². The average molecular weight is 404 g/mol. The fourth-order valence-corrected chi connectivity index (χ4v) is 3.16. The van der Waals surface area contributed by atoms with Crippen LogP contribution in [0.15, 0.2) is 55.0 Å². The molecule has 0 saturated heterocycles. The summed E-state index contributed by atoms with van der Waals surface area (Å²) < 4.78 is 6.07. The fourth-order valence-electron chi connectivity index (χ4n) is 3.16. The van der Waals surface area contributed by atoms with E-state index in [1.807, 2.05) is 31.2 Å². The van der Waals surface area contributed by atoms with Crippen LogP contribution >= 0.6 is 0 Å². The second-order valence-corrected chi connectivity index (χ2v) is 6.52. The van der Waals surface area contributed by atoms with Gasteiger partial charge in [-0.15, -0.1) is 0 Å². The van der Waals surface area contributed by atoms with Crippen molar-refractivity contribution >= 4 is 23.0 Å². The van der Waals surface area contributed by atoms with Gasteiger partial charge >= 0.3 is 6.03 Å². The zero-order valence-electron chi connectivity index (χ0n) is 16.5. The van der Waals surface area contributed by atoms with Crippen LogP contribution in [0.4, 0.5) is 10.7 Å². The van der Waals surface area contributed by atoms with Gasteiger partial charge in [0, 0.05) is 36.0 Å². The molecular weight excluding hydrogens is 384 g/mol. The molecule has 30 heavy (non-hydrogen) atoms. The smallest absolute Gasteiger partial charge is 0.321 e. The number of rotatable bonds is 5. The van der Waals surface area contributed by atoms with E-state index in [1.54, 1.807) is 25.4 Å². The van der Waals surface area contributed by atoms with Crippen LogP contribution in [0.2, 0.25) is 0 Å². The minimum atomic E-state index is -0.353. The van der Waals surface area contributed by atoms with Crippen molar-refractivity contribution in [3.63, 3.8) is 0 Å². The molecule has 3 aromatic heterocycles. The lowest BCUT2D eigenvalue weighted by Gasteiger charge is -2.08. The van der Waals surface area contributed by atoms with E-state index in [1.165, 1.54) is 12.4 Å². The molecule has 1 aromatic carbocycles. The van der Waals surface area contributed by atoms with Crippen LogP contribution in [0.3, 0.4) is 0 Å². The number of carbonyl (C=O) groups excluding carboxylic acids is 1. The highest BCUT2D eigenvalue weighted by molar-refractivity contribution is 5.98. The lowest BCUT2D eigenvalue weighted by atomic mass is 10.0. The van der Waals surface area contributed by atoms with Crippen LogP contribution in [-0.2, 0) is 0 Å². The second kappa shape index (κ2) is 8.08. The van der Waals surface area contributed by atoms with E-state index in [0.29, 0.717) is 35.0 Å². The zero-order valence-corrected chi connectivity index (χ0v) is 16.5. The van der Waals surface area contributed by atoms with Crippen molar-refractivity contribution in [1.29, 1.82) is 0 Å². The molecule has 0 bridgehead atoms. The molecule has 0 aliphatic carbocycles. The van der Waals surface area contributed by atoms with Crippen molar-refractivity contribution < 1.29 is 14.3 Å². The first-order valence-corrected chi connectivity index (χ1v) is 9.35. The number of amides is 2. The van der Waals surface area contributed by atoms with E-state index in [0.717, 1.165) is 21.4 Å². The summed E-state index contributed by atoms with van der Waals surface area (Å²) in [6.45, 7) is 2.33. The maximum Gasteiger partial charge on any atom is 0.321 e. The van der Waals surface area contributed by atoms with E-state index >= 15 is 0 Å². The van der Waals surface area contributed by atoms with Gasteiger partial charge in [-0.25, -0.2) is 9.78 Å². The fraction of sp³-hybridized carbons (Fsp3) is 0.143. The molecule has 0 aliphatic rings. The Labute approximate surface area is 172 Å². The van der Waals surface area contributed by atoms with Crippen LogP contribution in [0, 0.1) is 5.21 Å². The normalized spacial score (nSPS) is 10.7. The Morgan fingerprint density at radius 2 is 2.13 bits per heavy atom. The Hall–Kier alpha value is -4.14. The third kappa shape index (κ3) is 3.86. The third-order valence-electron chi connectivity index (χ3n) is 4.51. The first-order chi connectivity index (χ1) is 14.6. The lowest BCUT2D eigenvalue weighted by molar-refractivity contribution is -0.604. The molecule has 152 valence electrons. The highest BCUT2D eigenvalue weighted by Gasteiger charge is 2.15. The average Bonchev–Trinajstić information content (AvgIpc) is 3.15. The Kier molecular flexibility index (Phi) is 5.17. The highest BCUT2D eigenvalue weighted by Crippen LogP contribution is 2.33. The summed E-state index contributed by atoms with van der Waals surface area (Å²) in [5.41, 5.74) is 4.29. The van der Waals surface area contributed by atoms with Crippen LogP contribution in [0.25, 0.3) is 33.4 Å². The number of nitrogens with zero attached hydrogens (tertiary/aromatic N) is 3. The number of fused-ring (bicyclic) bond motifs is 1. The standard InChI is InChI=1S/C21H20N6O3/c1-3-22-21(28)26-20-24-18-10-14(13-5-4-8-27(29)12-13)9-16(19(18)25-20)17-11-15(30-2)6-7-23-17/h4-12H,3H2,1-2H3,(H3,22,24,25,26,28). The number of imidazole rings is 1. The van der Waals surface area contributed by atoms with Gasteiger partial charge in [0.05, 0.1) is 23.8 Å². The number of H-pyrrole nitrogens is 1. The number of anilines is 1. The number of ether oxygens (including phenoxy) is 1. The zero-order chi connectivity index (χ0) is 21.1. The van der Waals surface area contributed by atoms with Crippen molar-refractivity contribution in [3.8, 4) is 28.1 Å². The molecule has 0 saturated carbocycles. The molecule has 3 heterocycles. The predicted octanol–water partition coefficient (Wildman–Crippen LogP) is 3.08. The van der Waals surface area contributed by atoms with Crippen molar-refractivity contribution in [2.45, 2.75) is 6.92 Å². The van der Waals surface area contributed by atoms with Gasteiger partial charge in [0.25, 0.3) is 0 Å². The van der Waals surface area contributed by atoms with Crippen molar-refractivity contribution in [1.82, 2.24) is 20.3 Å². The Morgan fingerprint density at radius 3 is 2.90 bits per heavy atom. The van der Waals surface area contributed by atoms with E-state index in [9.17, 15) is 10.0 Å². The predicted molar refractivity (Wildman–Crippen MR) is 113 cm³/mol. The number of methoxy groups -OCH3 is 1. The summed E-state index contributed by atoms with van der Waals surface area (Å²) >= 11 is 0. The molecule has 0 unspecified atom stereocenters. The number of nitrogens with one attached hydrogen (secondary N) is 3. The van der Waals surface area contributed by atoms with Crippen LogP contribution in [0.5, 0.6) is 5.75 Å². The molecule has 4 aromatic rings. The first-order valence-electron chi connectivity index (χ1n) is 9.35. The summed E-state index contributed by atoms with van der Waals surface area (Å²) in [5.74, 6) is 0.972. The van der Waals surface area contributed by atoms with E-state index in [-0.39, 0.29) is 6.03 Å². The SMILES string of the molecule is CCNC(=O)Nc1nc2cc(-c3ccc[n+]([O-])c3)cc(-c3cc(OC)ccn3)c2[nH]1. The highest BCUT2D eigenvalue weighted by atomic mass is 16.5. The number of carbonyl (C=O) groups is 1. The second-order valence-electron chi connectivity index (χ2n) is 6.52. The molecule has 9 heteroatoms. The summed E-state index contributed by atoms with van der Waals surface area (Å²) in [6.07, 6.45) is 4.57. The Bertz CT molecular complexity index is 1220. The lowest BCUT2D eigenvalue weighted by Crippen LogP contribution is -2.28. The van der Waals surface area contributed by atoms with Gasteiger partial charge in [-0.1, -0.05) is 0 Å². The van der Waals surface area contributed by atoms with Gasteiger partial charge in [-0.05, 0) is 36.8 Å². The van der Waals surface area contributed by atoms with Crippen LogP contribution < -0.4 is 20.1 Å². The molecule has 0 fully saturated rings. The quantitative estimate of drug-likeness (QED) is 0.349. The van der Waals surface area contributed by atoms with Crippen LogP contribution in [-0.4, -0.2) is 34.6 Å². The van der Waals surface area contributed by atoms with Crippen molar-refractivity contribution in [3.05, 3.63) is 60.2 Å². The minimum absolute atomic E-state index is 0.309. The van der Waals surface area contributed by atoms with Gasteiger partial charge < -0.3 is 20.2 Å². The maximum atomic E-state index is 11.9. The largest absolute Gasteiger partial charge is 0.619 e. The number of aromatic nitrogens is 4. The first kappa shape index (κ1) is 19.2. The number of aromatic amines is 1. The van der Waals surface area contributed by atoms with E-state index in [2.05, 4.69) is 25.6 Å². The third-order valence-corrected chi connectivity index (χ3v) is 4.51. The summed E-state index contributed by atoms with van der Waals surface area (Å²) in [6, 6.07) is 10.5. The molecule has 0 spiro atoms. The van der Waals surface area contributed by atoms with Gasteiger partial charge in [0.15, 0.2) is 12.4 Å². The molecular formula is C21H20N6O3. The molecule has 0 atom stereocenters. The molecule has 4 rings (SSSR count). The minimum Gasteiger partial charge on any atom is -0.619 e. The van der Waals surface area contributed by atoms with Gasteiger partial charge in [-0.2, -0.15) is 4.73 Å². The van der Waals surface area contributed by atoms with Gasteiger partial charge in [0.1, 0.15) is 5.75 Å². The maximum absolute atomic E-state index is 11.9. The number of benzene rings is 1. The molecule has 2 amide bonds. The van der Waals surface area contributed by atoms with E-state index in [4.69, 9.17) is 4.74 Å². The molecule has 3 N–H and O–H groups in total. The summed E-state index contributed by atoms with van der Waals surface area (Å²) in [7, 11) is 1.59. The topological polar surface area (TPSA) is 119 Å². The van der Waals surface area contributed by atoms with E-state index < -0.39 is 0 Å². The molecule has 0 radical (unpaired) electrons.